The van der Waals surface area contributed by atoms with Gasteiger partial charge in [0.1, 0.15) is 22.9 Å². The topological polar surface area (TPSA) is 133 Å². The first-order valence-electron chi connectivity index (χ1n) is 26.6. The predicted octanol–water partition coefficient (Wildman–Crippen LogP) is 8.81. The predicted molar refractivity (Wildman–Crippen MR) is 300 cm³/mol. The lowest BCUT2D eigenvalue weighted by Crippen LogP contribution is -2.46. The van der Waals surface area contributed by atoms with Gasteiger partial charge in [0.25, 0.3) is 11.1 Å². The van der Waals surface area contributed by atoms with E-state index in [1.54, 1.807) is 41.2 Å². The maximum absolute atomic E-state index is 15.7. The van der Waals surface area contributed by atoms with Crippen LogP contribution in [0.15, 0.2) is 119 Å². The van der Waals surface area contributed by atoms with E-state index in [0.29, 0.717) is 57.1 Å². The molecule has 6 heterocycles. The summed E-state index contributed by atoms with van der Waals surface area (Å²) in [6.45, 7) is 8.10. The lowest BCUT2D eigenvalue weighted by Gasteiger charge is -2.35. The zero-order valence-electron chi connectivity index (χ0n) is 43.0. The molecule has 2 saturated heterocycles. The van der Waals surface area contributed by atoms with Crippen LogP contribution >= 0.6 is 0 Å². The molecule has 8 aromatic rings. The lowest BCUT2D eigenvalue weighted by molar-refractivity contribution is 0.264. The van der Waals surface area contributed by atoms with Gasteiger partial charge in [-0.05, 0) is 128 Å². The van der Waals surface area contributed by atoms with Crippen molar-refractivity contribution in [3.05, 3.63) is 175 Å². The normalized spacial score (nSPS) is 16.1. The number of rotatable bonds is 14. The molecule has 0 atom stereocenters. The molecule has 0 radical (unpaired) electrons. The minimum atomic E-state index is -0.405. The number of benzene rings is 4. The third kappa shape index (κ3) is 10.7. The Kier molecular flexibility index (Phi) is 13.7. The number of pyridine rings is 2. The molecule has 14 nitrogen and oxygen atoms in total. The average molecular weight is 1030 g/mol. The van der Waals surface area contributed by atoms with Gasteiger partial charge in [-0.1, -0.05) is 42.0 Å². The Morgan fingerprint density at radius 3 is 1.56 bits per heavy atom. The van der Waals surface area contributed by atoms with Crippen molar-refractivity contribution in [3.8, 4) is 24.2 Å². The number of halogens is 2. The summed E-state index contributed by atoms with van der Waals surface area (Å²) in [4.78, 5) is 56.3. The number of likely N-dealkylation sites (N-methyl/N-ethyl adjacent to an activating group) is 1. The van der Waals surface area contributed by atoms with E-state index in [9.17, 15) is 9.59 Å². The van der Waals surface area contributed by atoms with E-state index in [4.69, 9.17) is 16.4 Å². The van der Waals surface area contributed by atoms with E-state index in [0.717, 1.165) is 118 Å². The van der Waals surface area contributed by atoms with E-state index in [1.165, 1.54) is 16.7 Å². The van der Waals surface area contributed by atoms with Crippen molar-refractivity contribution in [1.29, 1.82) is 0 Å². The standard InChI is InChI=1S/C61H58F2N12O2/c1-3-40-34-44-36-64-60(68-56(44)74(58(40)76)38-52-50(41-13-14-41)9-6-11-54(52)62)66-47-19-23-49(24-20-47)73-32-28-71(29-33-73)25-5-4-8-43-35-45-37-65-61(67-46-17-21-48(22-18-46)72-30-26-70(2)27-31-72)69-57(45)75(59(43)77)39-53-51(42-15-16-42)10-7-12-55(53)63/h1,6-7,9-12,17-24,34-37,41-42H,5,13-16,25-33,38-39H2,2H3,(H,64,66,68)(H,65,67,69). The zero-order chi connectivity index (χ0) is 52.6. The van der Waals surface area contributed by atoms with Crippen LogP contribution < -0.4 is 31.6 Å². The third-order valence-electron chi connectivity index (χ3n) is 15.4. The summed E-state index contributed by atoms with van der Waals surface area (Å²) in [6, 6.07) is 29.9. The number of piperazine rings is 2. The fraction of sp³-hybridized carbons (Fsp3) is 0.311. The van der Waals surface area contributed by atoms with Gasteiger partial charge in [-0.3, -0.25) is 23.6 Å². The van der Waals surface area contributed by atoms with Crippen LogP contribution in [0.25, 0.3) is 22.1 Å². The molecular weight excluding hydrogens is 971 g/mol. The van der Waals surface area contributed by atoms with Gasteiger partial charge in [0, 0.05) is 122 Å². The van der Waals surface area contributed by atoms with Gasteiger partial charge in [-0.25, -0.2) is 18.7 Å². The van der Waals surface area contributed by atoms with Crippen molar-refractivity contribution in [3.63, 3.8) is 0 Å². The summed E-state index contributed by atoms with van der Waals surface area (Å²) >= 11 is 0. The van der Waals surface area contributed by atoms with E-state index >= 15 is 8.78 Å². The maximum atomic E-state index is 15.7. The maximum Gasteiger partial charge on any atom is 0.268 e. The molecule has 0 bridgehead atoms. The summed E-state index contributed by atoms with van der Waals surface area (Å²) in [7, 11) is 2.15. The number of nitrogens with zero attached hydrogens (tertiary/aromatic N) is 10. The summed E-state index contributed by atoms with van der Waals surface area (Å²) in [5, 5.41) is 7.83. The van der Waals surface area contributed by atoms with Gasteiger partial charge >= 0.3 is 0 Å². The molecule has 2 saturated carbocycles. The summed E-state index contributed by atoms with van der Waals surface area (Å²) in [5.41, 5.74) is 7.22. The molecule has 2 N–H and O–H groups in total. The van der Waals surface area contributed by atoms with Crippen LogP contribution in [0.3, 0.4) is 0 Å². The first-order valence-corrected chi connectivity index (χ1v) is 26.6. The molecule has 4 aromatic carbocycles. The molecule has 4 aromatic heterocycles. The minimum Gasteiger partial charge on any atom is -0.369 e. The monoisotopic (exact) mass is 1030 g/mol. The molecule has 2 aliphatic carbocycles. The first kappa shape index (κ1) is 49.4. The number of terminal acetylenes is 1. The molecule has 77 heavy (non-hydrogen) atoms. The summed E-state index contributed by atoms with van der Waals surface area (Å²) in [6.07, 6.45) is 13.6. The van der Waals surface area contributed by atoms with Crippen molar-refractivity contribution in [2.75, 3.05) is 86.4 Å². The van der Waals surface area contributed by atoms with Gasteiger partial charge in [0.05, 0.1) is 24.2 Å². The van der Waals surface area contributed by atoms with Crippen molar-refractivity contribution in [2.24, 2.45) is 0 Å². The molecule has 0 amide bonds. The van der Waals surface area contributed by atoms with Crippen LogP contribution in [0.1, 0.15) is 77.3 Å². The Balaban J connectivity index is 0.701. The van der Waals surface area contributed by atoms with E-state index in [-0.39, 0.29) is 47.7 Å². The Morgan fingerprint density at radius 2 is 1.08 bits per heavy atom. The third-order valence-corrected chi connectivity index (χ3v) is 15.4. The molecule has 12 rings (SSSR count). The van der Waals surface area contributed by atoms with E-state index in [1.807, 2.05) is 36.4 Å². The Bertz CT molecular complexity index is 3760. The number of nitrogens with one attached hydrogen (secondary N) is 2. The average Bonchev–Trinajstić information content (AvgIpc) is 4.42. The highest BCUT2D eigenvalue weighted by Gasteiger charge is 2.30. The van der Waals surface area contributed by atoms with Crippen LogP contribution in [-0.4, -0.2) is 105 Å². The van der Waals surface area contributed by atoms with E-state index in [2.05, 4.69) is 89.3 Å². The largest absolute Gasteiger partial charge is 0.369 e. The van der Waals surface area contributed by atoms with Gasteiger partial charge in [-0.15, -0.1) is 6.42 Å². The number of hydrogen-bond acceptors (Lipinski definition) is 12. The zero-order valence-corrected chi connectivity index (χ0v) is 43.0. The smallest absolute Gasteiger partial charge is 0.268 e. The number of fused-ring (bicyclic) bond motifs is 2. The van der Waals surface area contributed by atoms with Crippen molar-refractivity contribution >= 4 is 56.7 Å². The van der Waals surface area contributed by atoms with Gasteiger partial charge in [-0.2, -0.15) is 9.97 Å². The number of hydrogen-bond donors (Lipinski definition) is 2. The molecule has 0 unspecified atom stereocenters. The minimum absolute atomic E-state index is 0.00781. The second-order valence-corrected chi connectivity index (χ2v) is 20.7. The molecule has 16 heteroatoms. The first-order chi connectivity index (χ1) is 37.6. The Labute approximate surface area is 445 Å². The van der Waals surface area contributed by atoms with E-state index < -0.39 is 5.56 Å². The molecule has 4 aliphatic rings. The number of aromatic nitrogens is 6. The molecule has 388 valence electrons. The SMILES string of the molecule is C#Cc1cc2cnc(Nc3ccc(N4CCN(CCC#Cc5cc6cnc(Nc7ccc(N8CCN(C)CC8)cc7)nc6n(Cc6c(F)cccc6C6CC6)c5=O)CC4)cc3)nc2n(Cc2c(F)cccc2C2CC2)c1=O. The van der Waals surface area contributed by atoms with Crippen molar-refractivity contribution < 1.29 is 8.78 Å². The Hall–Kier alpha value is -8.44. The fourth-order valence-electron chi connectivity index (χ4n) is 10.7. The van der Waals surface area contributed by atoms with Crippen molar-refractivity contribution in [2.45, 2.75) is 57.0 Å². The highest BCUT2D eigenvalue weighted by atomic mass is 19.1. The van der Waals surface area contributed by atoms with Gasteiger partial charge in [0.2, 0.25) is 11.9 Å². The van der Waals surface area contributed by atoms with Gasteiger partial charge in [0.15, 0.2) is 0 Å². The van der Waals surface area contributed by atoms with Crippen molar-refractivity contribution in [1.82, 2.24) is 38.9 Å². The quantitative estimate of drug-likeness (QED) is 0.101. The molecule has 2 aliphatic heterocycles. The van der Waals surface area contributed by atoms with Crippen LogP contribution in [0.2, 0.25) is 0 Å². The molecule has 4 fully saturated rings. The summed E-state index contributed by atoms with van der Waals surface area (Å²) in [5.74, 6) is 9.45. The van der Waals surface area contributed by atoms with Crippen LogP contribution in [0.4, 0.5) is 43.4 Å². The van der Waals surface area contributed by atoms with Crippen LogP contribution in [-0.2, 0) is 13.1 Å². The Morgan fingerprint density at radius 1 is 0.610 bits per heavy atom. The lowest BCUT2D eigenvalue weighted by atomic mass is 10.0. The van der Waals surface area contributed by atoms with Crippen LogP contribution in [0.5, 0.6) is 0 Å². The highest BCUT2D eigenvalue weighted by Crippen LogP contribution is 2.43. The van der Waals surface area contributed by atoms with Crippen LogP contribution in [0, 0.1) is 35.8 Å². The van der Waals surface area contributed by atoms with Gasteiger partial charge < -0.3 is 25.3 Å². The molecular formula is C61H58F2N12O2. The second-order valence-electron chi connectivity index (χ2n) is 20.7. The molecule has 0 spiro atoms. The fourth-order valence-corrected chi connectivity index (χ4v) is 10.7. The number of anilines is 6. The highest BCUT2D eigenvalue weighted by molar-refractivity contribution is 5.79. The summed E-state index contributed by atoms with van der Waals surface area (Å²) < 4.78 is 34.0. The second kappa shape index (κ2) is 21.3.